The van der Waals surface area contributed by atoms with Crippen LogP contribution in [-0.4, -0.2) is 33.6 Å². The Labute approximate surface area is 126 Å². The van der Waals surface area contributed by atoms with Gasteiger partial charge in [-0.25, -0.2) is 0 Å². The number of alkyl halides is 1. The first-order valence-corrected chi connectivity index (χ1v) is 7.87. The lowest BCUT2D eigenvalue weighted by atomic mass is 10.1. The molecule has 1 amide bonds. The fourth-order valence-corrected chi connectivity index (χ4v) is 3.06. The van der Waals surface area contributed by atoms with E-state index in [4.69, 9.17) is 0 Å². The molecule has 5 nitrogen and oxygen atoms in total. The minimum atomic E-state index is -0.471. The number of nitrogens with zero attached hydrogens (tertiary/aromatic N) is 2. The first-order valence-electron chi connectivity index (χ1n) is 6.75. The van der Waals surface area contributed by atoms with Crippen LogP contribution in [0.25, 0.3) is 0 Å². The van der Waals surface area contributed by atoms with E-state index in [2.05, 4.69) is 15.9 Å². The predicted octanol–water partition coefficient (Wildman–Crippen LogP) is 3.37. The summed E-state index contributed by atoms with van der Waals surface area (Å²) in [4.78, 5) is 24.8. The average molecular weight is 341 g/mol. The quantitative estimate of drug-likeness (QED) is 0.469. The third kappa shape index (κ3) is 3.36. The van der Waals surface area contributed by atoms with Gasteiger partial charge in [-0.05, 0) is 18.9 Å². The van der Waals surface area contributed by atoms with Gasteiger partial charge in [0.1, 0.15) is 0 Å². The van der Waals surface area contributed by atoms with Gasteiger partial charge in [0.25, 0.3) is 11.6 Å². The zero-order valence-electron chi connectivity index (χ0n) is 11.1. The molecule has 1 aliphatic carbocycles. The number of hydrogen-bond donors (Lipinski definition) is 0. The standard InChI is InChI=1S/C14H17BrN2O3/c15-8-9-16(12-5-1-2-6-12)14(18)11-4-3-7-13(10-11)17(19)20/h3-4,7,10,12H,1-2,5-6,8-9H2. The number of benzene rings is 1. The van der Waals surface area contributed by atoms with Gasteiger partial charge in [0.2, 0.25) is 0 Å². The van der Waals surface area contributed by atoms with E-state index < -0.39 is 4.92 Å². The van der Waals surface area contributed by atoms with Gasteiger partial charge in [-0.1, -0.05) is 34.8 Å². The van der Waals surface area contributed by atoms with E-state index in [1.807, 2.05) is 4.90 Å². The van der Waals surface area contributed by atoms with E-state index in [0.717, 1.165) is 25.7 Å². The third-order valence-corrected chi connectivity index (χ3v) is 4.01. The van der Waals surface area contributed by atoms with Crippen LogP contribution < -0.4 is 0 Å². The second kappa shape index (κ2) is 6.83. The lowest BCUT2D eigenvalue weighted by Crippen LogP contribution is -2.40. The molecule has 0 saturated heterocycles. The number of hydrogen-bond acceptors (Lipinski definition) is 3. The lowest BCUT2D eigenvalue weighted by molar-refractivity contribution is -0.384. The molecule has 20 heavy (non-hydrogen) atoms. The van der Waals surface area contributed by atoms with E-state index in [0.29, 0.717) is 17.4 Å². The first kappa shape index (κ1) is 15.0. The molecule has 108 valence electrons. The molecule has 1 aliphatic rings. The first-order chi connectivity index (χ1) is 9.63. The molecule has 0 bridgehead atoms. The van der Waals surface area contributed by atoms with Crippen molar-refractivity contribution in [2.75, 3.05) is 11.9 Å². The molecule has 1 saturated carbocycles. The highest BCUT2D eigenvalue weighted by molar-refractivity contribution is 9.09. The van der Waals surface area contributed by atoms with Crippen molar-refractivity contribution in [2.24, 2.45) is 0 Å². The molecule has 0 N–H and O–H groups in total. The maximum atomic E-state index is 12.6. The Balaban J connectivity index is 2.22. The van der Waals surface area contributed by atoms with Gasteiger partial charge >= 0.3 is 0 Å². The van der Waals surface area contributed by atoms with Gasteiger partial charge in [0, 0.05) is 35.6 Å². The van der Waals surface area contributed by atoms with Crippen LogP contribution in [0, 0.1) is 10.1 Å². The molecule has 1 aromatic carbocycles. The average Bonchev–Trinajstić information content (AvgIpc) is 2.98. The molecular weight excluding hydrogens is 324 g/mol. The summed E-state index contributed by atoms with van der Waals surface area (Å²) in [6, 6.07) is 6.23. The topological polar surface area (TPSA) is 63.4 Å². The van der Waals surface area contributed by atoms with E-state index in [-0.39, 0.29) is 17.6 Å². The van der Waals surface area contributed by atoms with Gasteiger partial charge in [0.05, 0.1) is 4.92 Å². The second-order valence-corrected chi connectivity index (χ2v) is 5.73. The molecule has 0 aromatic heterocycles. The summed E-state index contributed by atoms with van der Waals surface area (Å²) in [7, 11) is 0. The Morgan fingerprint density at radius 3 is 2.70 bits per heavy atom. The third-order valence-electron chi connectivity index (χ3n) is 3.66. The normalized spacial score (nSPS) is 15.2. The van der Waals surface area contributed by atoms with E-state index >= 15 is 0 Å². The van der Waals surface area contributed by atoms with Crippen LogP contribution in [0.15, 0.2) is 24.3 Å². The number of amides is 1. The molecule has 0 heterocycles. The van der Waals surface area contributed by atoms with Crippen molar-refractivity contribution in [3.8, 4) is 0 Å². The molecule has 0 atom stereocenters. The molecule has 0 unspecified atom stereocenters. The summed E-state index contributed by atoms with van der Waals surface area (Å²) in [6.07, 6.45) is 4.33. The van der Waals surface area contributed by atoms with Crippen molar-refractivity contribution in [2.45, 2.75) is 31.7 Å². The lowest BCUT2D eigenvalue weighted by Gasteiger charge is -2.28. The van der Waals surface area contributed by atoms with Crippen molar-refractivity contribution in [1.82, 2.24) is 4.90 Å². The number of halogens is 1. The number of rotatable bonds is 5. The Hall–Kier alpha value is -1.43. The van der Waals surface area contributed by atoms with Crippen LogP contribution in [-0.2, 0) is 0 Å². The maximum Gasteiger partial charge on any atom is 0.270 e. The van der Waals surface area contributed by atoms with Gasteiger partial charge in [-0.15, -0.1) is 0 Å². The molecule has 2 rings (SSSR count). The van der Waals surface area contributed by atoms with Crippen LogP contribution in [0.2, 0.25) is 0 Å². The number of carbonyl (C=O) groups is 1. The van der Waals surface area contributed by atoms with Gasteiger partial charge in [0.15, 0.2) is 0 Å². The Bertz CT molecular complexity index is 501. The van der Waals surface area contributed by atoms with Crippen LogP contribution in [0.3, 0.4) is 0 Å². The second-order valence-electron chi connectivity index (χ2n) is 4.93. The molecule has 0 radical (unpaired) electrons. The fraction of sp³-hybridized carbons (Fsp3) is 0.500. The number of non-ortho nitro benzene ring substituents is 1. The van der Waals surface area contributed by atoms with Crippen LogP contribution in [0.1, 0.15) is 36.0 Å². The smallest absolute Gasteiger partial charge is 0.270 e. The van der Waals surface area contributed by atoms with Gasteiger partial charge in [-0.3, -0.25) is 14.9 Å². The number of carbonyl (C=O) groups excluding carboxylic acids is 1. The van der Waals surface area contributed by atoms with Gasteiger partial charge < -0.3 is 4.90 Å². The van der Waals surface area contributed by atoms with Crippen molar-refractivity contribution < 1.29 is 9.72 Å². The highest BCUT2D eigenvalue weighted by Gasteiger charge is 2.27. The van der Waals surface area contributed by atoms with E-state index in [1.165, 1.54) is 12.1 Å². The molecule has 0 aliphatic heterocycles. The summed E-state index contributed by atoms with van der Waals surface area (Å²) < 4.78 is 0. The minimum absolute atomic E-state index is 0.0407. The summed E-state index contributed by atoms with van der Waals surface area (Å²) >= 11 is 3.37. The van der Waals surface area contributed by atoms with Crippen LogP contribution >= 0.6 is 15.9 Å². The largest absolute Gasteiger partial charge is 0.335 e. The highest BCUT2D eigenvalue weighted by atomic mass is 79.9. The summed E-state index contributed by atoms with van der Waals surface area (Å²) in [5.74, 6) is -0.111. The number of nitro benzene ring substituents is 1. The zero-order valence-corrected chi connectivity index (χ0v) is 12.7. The fourth-order valence-electron chi connectivity index (χ4n) is 2.68. The summed E-state index contributed by atoms with van der Waals surface area (Å²) in [5.41, 5.74) is 0.355. The molecule has 0 spiro atoms. The van der Waals surface area contributed by atoms with Crippen LogP contribution in [0.5, 0.6) is 0 Å². The van der Waals surface area contributed by atoms with E-state index in [9.17, 15) is 14.9 Å². The monoisotopic (exact) mass is 340 g/mol. The zero-order chi connectivity index (χ0) is 14.5. The number of nitro groups is 1. The summed E-state index contributed by atoms with van der Waals surface area (Å²) in [5, 5.41) is 11.5. The van der Waals surface area contributed by atoms with Crippen molar-refractivity contribution in [1.29, 1.82) is 0 Å². The summed E-state index contributed by atoms with van der Waals surface area (Å²) in [6.45, 7) is 0.631. The highest BCUT2D eigenvalue weighted by Crippen LogP contribution is 2.25. The SMILES string of the molecule is O=C(c1cccc([N+](=O)[O-])c1)N(CCBr)C1CCCC1. The Kier molecular flexibility index (Phi) is 5.11. The molecule has 1 aromatic rings. The minimum Gasteiger partial charge on any atom is -0.335 e. The van der Waals surface area contributed by atoms with Crippen molar-refractivity contribution in [3.05, 3.63) is 39.9 Å². The molecular formula is C14H17BrN2O3. The van der Waals surface area contributed by atoms with E-state index in [1.54, 1.807) is 12.1 Å². The van der Waals surface area contributed by atoms with Crippen LogP contribution in [0.4, 0.5) is 5.69 Å². The van der Waals surface area contributed by atoms with Crippen molar-refractivity contribution in [3.63, 3.8) is 0 Å². The van der Waals surface area contributed by atoms with Gasteiger partial charge in [-0.2, -0.15) is 0 Å². The molecule has 1 fully saturated rings. The Morgan fingerprint density at radius 1 is 1.40 bits per heavy atom. The predicted molar refractivity (Wildman–Crippen MR) is 80.2 cm³/mol. The Morgan fingerprint density at radius 2 is 2.10 bits per heavy atom. The molecule has 6 heteroatoms. The maximum absolute atomic E-state index is 12.6. The van der Waals surface area contributed by atoms with Crippen molar-refractivity contribution >= 4 is 27.5 Å².